The number of sulfone groups is 1. The van der Waals surface area contributed by atoms with Gasteiger partial charge < -0.3 is 9.64 Å². The number of anilines is 1. The molecule has 0 radical (unpaired) electrons. The van der Waals surface area contributed by atoms with E-state index in [1.165, 1.54) is 0 Å². The monoisotopic (exact) mass is 357 g/mol. The average Bonchev–Trinajstić information content (AvgIpc) is 2.54. The maximum Gasteiger partial charge on any atom is 0.224 e. The molecular weight excluding hydrogens is 338 g/mol. The summed E-state index contributed by atoms with van der Waals surface area (Å²) < 4.78 is 27.9. The van der Waals surface area contributed by atoms with Crippen LogP contribution in [0.5, 0.6) is 5.75 Å². The molecule has 0 unspecified atom stereocenters. The highest BCUT2D eigenvalue weighted by Gasteiger charge is 2.18. The van der Waals surface area contributed by atoms with Crippen molar-refractivity contribution in [2.45, 2.75) is 13.5 Å². The number of hydrogen-bond acceptors (Lipinski definition) is 4. The third-order valence-electron chi connectivity index (χ3n) is 3.94. The number of carbonyl (C=O) groups is 1. The smallest absolute Gasteiger partial charge is 0.224 e. The van der Waals surface area contributed by atoms with Crippen LogP contribution in [0.2, 0.25) is 0 Å². The van der Waals surface area contributed by atoms with Gasteiger partial charge in [-0.3, -0.25) is 4.79 Å². The number of para-hydroxylation sites is 1. The summed E-state index contributed by atoms with van der Waals surface area (Å²) in [6.07, 6.45) is 5.03. The van der Waals surface area contributed by atoms with Gasteiger partial charge in [0.25, 0.3) is 0 Å². The van der Waals surface area contributed by atoms with E-state index in [9.17, 15) is 13.2 Å². The highest BCUT2D eigenvalue weighted by molar-refractivity contribution is 7.90. The van der Waals surface area contributed by atoms with Crippen molar-refractivity contribution in [2.75, 3.05) is 17.1 Å². The van der Waals surface area contributed by atoms with E-state index in [1.807, 2.05) is 42.5 Å². The lowest BCUT2D eigenvalue weighted by Crippen LogP contribution is -2.29. The molecule has 0 spiro atoms. The number of benzene rings is 2. The molecule has 1 amide bonds. The lowest BCUT2D eigenvalue weighted by Gasteiger charge is -2.26. The van der Waals surface area contributed by atoms with Crippen LogP contribution in [-0.2, 0) is 21.2 Å². The molecule has 0 saturated heterocycles. The van der Waals surface area contributed by atoms with Gasteiger partial charge in [-0.15, -0.1) is 0 Å². The Morgan fingerprint density at radius 1 is 1.12 bits per heavy atom. The third kappa shape index (κ3) is 4.09. The van der Waals surface area contributed by atoms with Crippen LogP contribution >= 0.6 is 0 Å². The lowest BCUT2D eigenvalue weighted by molar-refractivity contribution is -0.116. The number of amides is 1. The normalized spacial score (nSPS) is 13.4. The van der Waals surface area contributed by atoms with Crippen molar-refractivity contribution in [3.63, 3.8) is 0 Å². The molecule has 1 heterocycles. The van der Waals surface area contributed by atoms with Crippen LogP contribution in [0.4, 0.5) is 5.69 Å². The van der Waals surface area contributed by atoms with E-state index >= 15 is 0 Å². The fourth-order valence-electron chi connectivity index (χ4n) is 2.73. The summed E-state index contributed by atoms with van der Waals surface area (Å²) in [7, 11) is -3.21. The maximum atomic E-state index is 12.1. The Morgan fingerprint density at radius 2 is 1.84 bits per heavy atom. The Bertz CT molecular complexity index is 948. The van der Waals surface area contributed by atoms with Gasteiger partial charge in [0.15, 0.2) is 15.8 Å². The zero-order valence-corrected chi connectivity index (χ0v) is 14.9. The molecule has 0 saturated carbocycles. The largest absolute Gasteiger partial charge is 0.478 e. The van der Waals surface area contributed by atoms with Gasteiger partial charge in [-0.25, -0.2) is 8.42 Å². The number of nitrogens with zero attached hydrogens (tertiary/aromatic N) is 1. The number of ether oxygens (including phenoxy) is 1. The maximum absolute atomic E-state index is 12.1. The van der Waals surface area contributed by atoms with Crippen molar-refractivity contribution in [1.82, 2.24) is 0 Å². The van der Waals surface area contributed by atoms with Crippen molar-refractivity contribution in [2.24, 2.45) is 0 Å². The second-order valence-electron chi connectivity index (χ2n) is 6.05. The predicted molar refractivity (Wildman–Crippen MR) is 99.0 cm³/mol. The van der Waals surface area contributed by atoms with Gasteiger partial charge in [-0.05, 0) is 34.9 Å². The Labute approximate surface area is 147 Å². The van der Waals surface area contributed by atoms with E-state index in [1.54, 1.807) is 24.0 Å². The molecule has 0 aliphatic carbocycles. The Hall–Kier alpha value is -2.60. The summed E-state index contributed by atoms with van der Waals surface area (Å²) in [5.74, 6) is 0.0842. The van der Waals surface area contributed by atoms with Gasteiger partial charge in [0.05, 0.1) is 12.2 Å². The van der Waals surface area contributed by atoms with Crippen molar-refractivity contribution in [3.8, 4) is 5.75 Å². The molecule has 5 nitrogen and oxygen atoms in total. The Morgan fingerprint density at radius 3 is 2.56 bits per heavy atom. The molecular formula is C19H19NO4S. The van der Waals surface area contributed by atoms with Crippen molar-refractivity contribution >= 4 is 33.6 Å². The van der Waals surface area contributed by atoms with Crippen molar-refractivity contribution in [1.29, 1.82) is 0 Å². The molecule has 0 N–H and O–H groups in total. The molecule has 130 valence electrons. The van der Waals surface area contributed by atoms with Gasteiger partial charge in [-0.2, -0.15) is 0 Å². The first kappa shape index (κ1) is 17.2. The topological polar surface area (TPSA) is 63.7 Å². The van der Waals surface area contributed by atoms with Crippen LogP contribution in [-0.4, -0.2) is 26.5 Å². The minimum Gasteiger partial charge on any atom is -0.478 e. The number of hydrogen-bond donors (Lipinski definition) is 0. The minimum absolute atomic E-state index is 0.0360. The first-order chi connectivity index (χ1) is 11.8. The molecule has 1 aliphatic rings. The fraction of sp³-hybridized carbons (Fsp3) is 0.211. The van der Waals surface area contributed by atoms with Gasteiger partial charge in [0.2, 0.25) is 5.91 Å². The SMILES string of the molecule is CC(=O)N1Cc2ccc(OCS(C)(=O)=O)cc2C=Cc2ccccc21. The zero-order chi connectivity index (χ0) is 18.0. The van der Waals surface area contributed by atoms with Crippen LogP contribution in [0.1, 0.15) is 23.6 Å². The first-order valence-electron chi connectivity index (χ1n) is 7.82. The summed E-state index contributed by atoms with van der Waals surface area (Å²) >= 11 is 0. The van der Waals surface area contributed by atoms with E-state index in [4.69, 9.17) is 4.74 Å². The van der Waals surface area contributed by atoms with E-state index in [-0.39, 0.29) is 11.8 Å². The first-order valence-corrected chi connectivity index (χ1v) is 9.88. The standard InChI is InChI=1S/C19H19NO4S/c1-14(21)20-12-17-9-10-18(24-13-25(2,22)23)11-16(17)8-7-15-5-3-4-6-19(15)20/h3-11H,12-13H2,1-2H3. The molecule has 0 aromatic heterocycles. The van der Waals surface area contributed by atoms with Crippen molar-refractivity contribution in [3.05, 3.63) is 59.2 Å². The summed E-state index contributed by atoms with van der Waals surface area (Å²) in [6, 6.07) is 13.1. The minimum atomic E-state index is -3.21. The van der Waals surface area contributed by atoms with E-state index in [0.717, 1.165) is 28.6 Å². The fourth-order valence-corrected chi connectivity index (χ4v) is 3.08. The Balaban J connectivity index is 2.00. The predicted octanol–water partition coefficient (Wildman–Crippen LogP) is 3.10. The summed E-state index contributed by atoms with van der Waals surface area (Å²) in [5.41, 5.74) is 3.68. The molecule has 25 heavy (non-hydrogen) atoms. The van der Waals surface area contributed by atoms with Gasteiger partial charge in [0, 0.05) is 13.2 Å². The number of rotatable bonds is 3. The summed E-state index contributed by atoms with van der Waals surface area (Å²) in [6.45, 7) is 1.99. The van der Waals surface area contributed by atoms with E-state index in [2.05, 4.69) is 0 Å². The summed E-state index contributed by atoms with van der Waals surface area (Å²) in [5, 5.41) is 0. The molecule has 3 rings (SSSR count). The van der Waals surface area contributed by atoms with Crippen LogP contribution in [0, 0.1) is 0 Å². The van der Waals surface area contributed by atoms with Crippen molar-refractivity contribution < 1.29 is 17.9 Å². The molecule has 0 atom stereocenters. The quantitative estimate of drug-likeness (QED) is 0.847. The third-order valence-corrected chi connectivity index (χ3v) is 4.48. The highest BCUT2D eigenvalue weighted by Crippen LogP contribution is 2.30. The molecule has 6 heteroatoms. The van der Waals surface area contributed by atoms with Gasteiger partial charge >= 0.3 is 0 Å². The second kappa shape index (κ2) is 6.72. The van der Waals surface area contributed by atoms with E-state index in [0.29, 0.717) is 12.3 Å². The van der Waals surface area contributed by atoms with Crippen LogP contribution in [0.25, 0.3) is 12.2 Å². The molecule has 2 aromatic carbocycles. The van der Waals surface area contributed by atoms with Crippen LogP contribution in [0.3, 0.4) is 0 Å². The zero-order valence-electron chi connectivity index (χ0n) is 14.1. The molecule has 2 aromatic rings. The van der Waals surface area contributed by atoms with Gasteiger partial charge in [-0.1, -0.05) is 36.4 Å². The molecule has 0 bridgehead atoms. The second-order valence-corrected chi connectivity index (χ2v) is 8.13. The van der Waals surface area contributed by atoms with Gasteiger partial charge in [0.1, 0.15) is 5.75 Å². The number of fused-ring (bicyclic) bond motifs is 2. The Kier molecular flexibility index (Phi) is 4.63. The molecule has 1 aliphatic heterocycles. The average molecular weight is 357 g/mol. The molecule has 0 fully saturated rings. The van der Waals surface area contributed by atoms with Crippen LogP contribution in [0.15, 0.2) is 42.5 Å². The lowest BCUT2D eigenvalue weighted by atomic mass is 10.0. The van der Waals surface area contributed by atoms with E-state index < -0.39 is 9.84 Å². The highest BCUT2D eigenvalue weighted by atomic mass is 32.2. The number of carbonyl (C=O) groups excluding carboxylic acids is 1. The summed E-state index contributed by atoms with van der Waals surface area (Å²) in [4.78, 5) is 13.9. The van der Waals surface area contributed by atoms with Crippen LogP contribution < -0.4 is 9.64 Å².